The van der Waals surface area contributed by atoms with Crippen LogP contribution >= 0.6 is 15.9 Å². The molecule has 0 atom stereocenters. The summed E-state index contributed by atoms with van der Waals surface area (Å²) < 4.78 is 7.27. The maximum Gasteiger partial charge on any atom is 0.379 e. The Hall–Kier alpha value is -2.74. The molecular formula is C21H21BrN2O5. The Morgan fingerprint density at radius 1 is 1.28 bits per heavy atom. The van der Waals surface area contributed by atoms with Gasteiger partial charge in [-0.3, -0.25) is 14.4 Å². The van der Waals surface area contributed by atoms with Gasteiger partial charge in [0.25, 0.3) is 5.78 Å². The summed E-state index contributed by atoms with van der Waals surface area (Å²) in [5.41, 5.74) is 0.894. The quantitative estimate of drug-likeness (QED) is 0.261. The Morgan fingerprint density at radius 3 is 2.66 bits per heavy atom. The molecule has 1 saturated heterocycles. The van der Waals surface area contributed by atoms with E-state index in [0.717, 1.165) is 4.47 Å². The number of hydrogen-bond acceptors (Lipinski definition) is 5. The first kappa shape index (κ1) is 21.0. The van der Waals surface area contributed by atoms with Gasteiger partial charge in [-0.1, -0.05) is 22.5 Å². The topological polar surface area (TPSA) is 85.7 Å². The Balaban J connectivity index is 1.76. The number of Topliss-reactive ketones (excluding diaryl/α,β-unsaturated/α-hetero) is 2. The molecule has 7 nitrogen and oxygen atoms in total. The monoisotopic (exact) mass is 460 g/mol. The molecule has 2 heterocycles. The van der Waals surface area contributed by atoms with E-state index >= 15 is 0 Å². The zero-order chi connectivity index (χ0) is 21.1. The number of aromatic nitrogens is 1. The fourth-order valence-corrected chi connectivity index (χ4v) is 3.83. The summed E-state index contributed by atoms with van der Waals surface area (Å²) in [7, 11) is 0. The van der Waals surface area contributed by atoms with Crippen LogP contribution in [-0.2, 0) is 25.7 Å². The van der Waals surface area contributed by atoms with Gasteiger partial charge in [-0.25, -0.2) is 4.79 Å². The normalized spacial score (nSPS) is 13.8. The molecule has 0 radical (unpaired) electrons. The lowest BCUT2D eigenvalue weighted by atomic mass is 9.94. The minimum Gasteiger partial charge on any atom is -0.460 e. The van der Waals surface area contributed by atoms with Crippen molar-refractivity contribution < 1.29 is 23.9 Å². The minimum atomic E-state index is -0.917. The predicted molar refractivity (Wildman–Crippen MR) is 110 cm³/mol. The Morgan fingerprint density at radius 2 is 2.00 bits per heavy atom. The highest BCUT2D eigenvalue weighted by Crippen LogP contribution is 2.27. The fourth-order valence-electron chi connectivity index (χ4n) is 3.47. The first-order valence-electron chi connectivity index (χ1n) is 9.26. The molecule has 1 aromatic heterocycles. The minimum absolute atomic E-state index is 0.00402. The second-order valence-corrected chi connectivity index (χ2v) is 7.85. The van der Waals surface area contributed by atoms with E-state index in [4.69, 9.17) is 4.74 Å². The predicted octanol–water partition coefficient (Wildman–Crippen LogP) is 2.75. The van der Waals surface area contributed by atoms with Crippen molar-refractivity contribution in [2.24, 2.45) is 5.92 Å². The lowest BCUT2D eigenvalue weighted by molar-refractivity contribution is -0.137. The zero-order valence-corrected chi connectivity index (χ0v) is 17.6. The second-order valence-electron chi connectivity index (χ2n) is 6.94. The number of benzene rings is 1. The van der Waals surface area contributed by atoms with Gasteiger partial charge >= 0.3 is 5.97 Å². The standard InChI is InChI=1S/C21H21BrN2O5/c1-3-19(26)24-9-13(10-24)7-15(25)11-23-12-17(20(27)21(28)29-4-2)16-8-14(22)5-6-18(16)23/h3,5-6,8,12-13H,1,4,7,9-11H2,2H3. The Bertz CT molecular complexity index is 1000. The van der Waals surface area contributed by atoms with Crippen molar-refractivity contribution in [2.45, 2.75) is 19.9 Å². The van der Waals surface area contributed by atoms with E-state index in [9.17, 15) is 19.2 Å². The number of esters is 1. The highest BCUT2D eigenvalue weighted by molar-refractivity contribution is 9.10. The molecule has 3 rings (SSSR count). The zero-order valence-electron chi connectivity index (χ0n) is 16.0. The van der Waals surface area contributed by atoms with Crippen molar-refractivity contribution in [1.82, 2.24) is 9.47 Å². The number of amides is 1. The number of halogens is 1. The van der Waals surface area contributed by atoms with Crippen molar-refractivity contribution in [1.29, 1.82) is 0 Å². The van der Waals surface area contributed by atoms with Crippen LogP contribution in [0, 0.1) is 5.92 Å². The summed E-state index contributed by atoms with van der Waals surface area (Å²) in [6, 6.07) is 5.35. The van der Waals surface area contributed by atoms with E-state index in [1.165, 1.54) is 12.3 Å². The summed E-state index contributed by atoms with van der Waals surface area (Å²) in [5.74, 6) is -1.66. The van der Waals surface area contributed by atoms with Gasteiger partial charge in [0.05, 0.1) is 18.7 Å². The molecule has 0 saturated carbocycles. The lowest BCUT2D eigenvalue weighted by Crippen LogP contribution is -2.50. The van der Waals surface area contributed by atoms with E-state index in [1.54, 1.807) is 28.5 Å². The number of rotatable bonds is 8. The van der Waals surface area contributed by atoms with Crippen molar-refractivity contribution in [3.05, 3.63) is 47.1 Å². The van der Waals surface area contributed by atoms with E-state index < -0.39 is 11.8 Å². The van der Waals surface area contributed by atoms with Crippen molar-refractivity contribution >= 4 is 50.3 Å². The van der Waals surface area contributed by atoms with Crippen molar-refractivity contribution in [3.8, 4) is 0 Å². The van der Waals surface area contributed by atoms with E-state index in [1.807, 2.05) is 6.07 Å². The third kappa shape index (κ3) is 4.48. The molecule has 1 aliphatic heterocycles. The molecule has 29 heavy (non-hydrogen) atoms. The second kappa shape index (κ2) is 8.73. The summed E-state index contributed by atoms with van der Waals surface area (Å²) in [5, 5.41) is 0.580. The summed E-state index contributed by atoms with van der Waals surface area (Å²) in [6.45, 7) is 6.37. The molecule has 1 aromatic carbocycles. The number of hydrogen-bond donors (Lipinski definition) is 0. The van der Waals surface area contributed by atoms with Gasteiger partial charge in [-0.2, -0.15) is 0 Å². The third-order valence-corrected chi connectivity index (χ3v) is 5.35. The average Bonchev–Trinajstić information content (AvgIpc) is 3.00. The molecule has 0 N–H and O–H groups in total. The third-order valence-electron chi connectivity index (χ3n) is 4.86. The molecule has 0 unspecified atom stereocenters. The maximum absolute atomic E-state index is 12.6. The summed E-state index contributed by atoms with van der Waals surface area (Å²) >= 11 is 3.37. The molecule has 152 valence electrons. The lowest BCUT2D eigenvalue weighted by Gasteiger charge is -2.38. The van der Waals surface area contributed by atoms with Gasteiger partial charge in [0.1, 0.15) is 0 Å². The van der Waals surface area contributed by atoms with Crippen LogP contribution in [0.25, 0.3) is 10.9 Å². The number of ketones is 2. The molecule has 0 aliphatic carbocycles. The number of ether oxygens (including phenoxy) is 1. The highest BCUT2D eigenvalue weighted by Gasteiger charge is 2.31. The van der Waals surface area contributed by atoms with Crippen molar-refractivity contribution in [2.75, 3.05) is 19.7 Å². The van der Waals surface area contributed by atoms with Crippen molar-refractivity contribution in [3.63, 3.8) is 0 Å². The first-order chi connectivity index (χ1) is 13.8. The van der Waals surface area contributed by atoms with Gasteiger partial charge in [0.15, 0.2) is 5.78 Å². The fraction of sp³-hybridized carbons (Fsp3) is 0.333. The molecule has 1 aliphatic rings. The van der Waals surface area contributed by atoms with Crippen LogP contribution < -0.4 is 0 Å². The van der Waals surface area contributed by atoms with Gasteiger partial charge in [0.2, 0.25) is 5.91 Å². The van der Waals surface area contributed by atoms with Crippen LogP contribution in [0.1, 0.15) is 23.7 Å². The van der Waals surface area contributed by atoms with Crippen LogP contribution in [0.3, 0.4) is 0 Å². The van der Waals surface area contributed by atoms with Crippen LogP contribution in [0.2, 0.25) is 0 Å². The summed E-state index contributed by atoms with van der Waals surface area (Å²) in [6.07, 6.45) is 3.14. The van der Waals surface area contributed by atoms with Crippen LogP contribution in [0.4, 0.5) is 0 Å². The molecule has 2 aromatic rings. The summed E-state index contributed by atoms with van der Waals surface area (Å²) in [4.78, 5) is 50.1. The molecular weight excluding hydrogens is 440 g/mol. The molecule has 1 amide bonds. The largest absolute Gasteiger partial charge is 0.460 e. The van der Waals surface area contributed by atoms with Crippen LogP contribution in [0.15, 0.2) is 41.5 Å². The van der Waals surface area contributed by atoms with E-state index in [2.05, 4.69) is 22.5 Å². The molecule has 8 heteroatoms. The molecule has 0 spiro atoms. The average molecular weight is 461 g/mol. The van der Waals surface area contributed by atoms with E-state index in [-0.39, 0.29) is 36.3 Å². The van der Waals surface area contributed by atoms with Crippen LogP contribution in [0.5, 0.6) is 0 Å². The smallest absolute Gasteiger partial charge is 0.379 e. The number of fused-ring (bicyclic) bond motifs is 1. The number of carbonyl (C=O) groups is 4. The van der Waals surface area contributed by atoms with E-state index in [0.29, 0.717) is 30.4 Å². The maximum atomic E-state index is 12.6. The number of carbonyl (C=O) groups excluding carboxylic acids is 4. The molecule has 0 bridgehead atoms. The van der Waals surface area contributed by atoms with Gasteiger partial charge in [-0.05, 0) is 31.2 Å². The number of likely N-dealkylation sites (tertiary alicyclic amines) is 1. The first-order valence-corrected chi connectivity index (χ1v) is 10.1. The van der Waals surface area contributed by atoms with Crippen LogP contribution in [-0.4, -0.2) is 52.6 Å². The SMILES string of the molecule is C=CC(=O)N1CC(CC(=O)Cn2cc(C(=O)C(=O)OCC)c3cc(Br)ccc32)C1. The Kier molecular flexibility index (Phi) is 6.32. The van der Waals surface area contributed by atoms with Gasteiger partial charge in [0, 0.05) is 47.0 Å². The van der Waals surface area contributed by atoms with Gasteiger partial charge in [-0.15, -0.1) is 0 Å². The molecule has 1 fully saturated rings. The Labute approximate surface area is 176 Å². The van der Waals surface area contributed by atoms with Gasteiger partial charge < -0.3 is 14.2 Å². The number of nitrogens with zero attached hydrogens (tertiary/aromatic N) is 2. The highest BCUT2D eigenvalue weighted by atomic mass is 79.9.